The van der Waals surface area contributed by atoms with Gasteiger partial charge in [-0.05, 0) is 37.3 Å². The normalized spacial score (nSPS) is 26.2. The van der Waals surface area contributed by atoms with Crippen LogP contribution in [0, 0.1) is 5.92 Å². The van der Waals surface area contributed by atoms with Crippen molar-refractivity contribution in [2.45, 2.75) is 36.3 Å². The Labute approximate surface area is 133 Å². The summed E-state index contributed by atoms with van der Waals surface area (Å²) in [7, 11) is -3.81. The first-order chi connectivity index (χ1) is 9.88. The van der Waals surface area contributed by atoms with Crippen molar-refractivity contribution in [2.75, 3.05) is 12.3 Å². The van der Waals surface area contributed by atoms with Crippen molar-refractivity contribution in [3.05, 3.63) is 22.2 Å². The average Bonchev–Trinajstić information content (AvgIpc) is 3.08. The second-order valence-electron chi connectivity index (χ2n) is 5.50. The smallest absolute Gasteiger partial charge is 0.244 e. The van der Waals surface area contributed by atoms with Crippen molar-refractivity contribution in [1.29, 1.82) is 0 Å². The fraction of sp³-hybridized carbons (Fsp3) is 0.538. The second-order valence-corrected chi connectivity index (χ2v) is 7.99. The zero-order valence-corrected chi connectivity index (χ0v) is 13.5. The van der Waals surface area contributed by atoms with E-state index in [4.69, 9.17) is 33.7 Å². The van der Waals surface area contributed by atoms with Crippen molar-refractivity contribution in [3.8, 4) is 0 Å². The van der Waals surface area contributed by atoms with Crippen LogP contribution in [0.15, 0.2) is 17.0 Å². The fourth-order valence-electron chi connectivity index (χ4n) is 2.75. The van der Waals surface area contributed by atoms with Gasteiger partial charge in [-0.15, -0.1) is 0 Å². The Hall–Kier alpha value is -0.530. The Morgan fingerprint density at radius 3 is 2.57 bits per heavy atom. The summed E-state index contributed by atoms with van der Waals surface area (Å²) in [6.07, 6.45) is 2.79. The quantitative estimate of drug-likeness (QED) is 0.817. The van der Waals surface area contributed by atoms with Gasteiger partial charge in [0.1, 0.15) is 4.90 Å². The van der Waals surface area contributed by atoms with Crippen LogP contribution in [0.4, 0.5) is 5.69 Å². The van der Waals surface area contributed by atoms with E-state index in [1.165, 1.54) is 12.1 Å². The minimum absolute atomic E-state index is 0.0226. The van der Waals surface area contributed by atoms with Crippen LogP contribution in [0.3, 0.4) is 0 Å². The highest BCUT2D eigenvalue weighted by atomic mass is 35.5. The summed E-state index contributed by atoms with van der Waals surface area (Å²) in [5.74, 6) is 0.457. The lowest BCUT2D eigenvalue weighted by Crippen LogP contribution is -2.41. The molecule has 2 aliphatic rings. The van der Waals surface area contributed by atoms with E-state index in [1.807, 2.05) is 0 Å². The van der Waals surface area contributed by atoms with Gasteiger partial charge in [-0.2, -0.15) is 0 Å². The van der Waals surface area contributed by atoms with Gasteiger partial charge in [-0.3, -0.25) is 0 Å². The summed E-state index contributed by atoms with van der Waals surface area (Å²) in [5, 5.41) is 0.325. The topological polar surface area (TPSA) is 81.4 Å². The van der Waals surface area contributed by atoms with E-state index < -0.39 is 10.0 Å². The van der Waals surface area contributed by atoms with Crippen LogP contribution in [-0.4, -0.2) is 27.2 Å². The molecule has 1 aromatic rings. The zero-order chi connectivity index (χ0) is 15.2. The molecule has 1 saturated heterocycles. The minimum atomic E-state index is -3.81. The molecule has 5 nitrogen and oxygen atoms in total. The lowest BCUT2D eigenvalue weighted by molar-refractivity contribution is 0.0848. The number of nitrogens with two attached hydrogens (primary N) is 1. The van der Waals surface area contributed by atoms with Gasteiger partial charge >= 0.3 is 0 Å². The number of ether oxygens (including phenoxy) is 1. The number of hydrogen-bond donors (Lipinski definition) is 2. The van der Waals surface area contributed by atoms with E-state index in [1.54, 1.807) is 0 Å². The molecule has 2 atom stereocenters. The molecule has 1 heterocycles. The lowest BCUT2D eigenvalue weighted by atomic mass is 10.1. The number of sulfonamides is 1. The molecule has 1 aromatic carbocycles. The average molecular weight is 351 g/mol. The molecular weight excluding hydrogens is 335 g/mol. The van der Waals surface area contributed by atoms with E-state index in [9.17, 15) is 8.42 Å². The molecule has 116 valence electrons. The molecule has 3 N–H and O–H groups in total. The van der Waals surface area contributed by atoms with E-state index in [0.29, 0.717) is 24.0 Å². The van der Waals surface area contributed by atoms with Gasteiger partial charge < -0.3 is 10.5 Å². The second kappa shape index (κ2) is 5.59. The highest BCUT2D eigenvalue weighted by Crippen LogP contribution is 2.39. The maximum absolute atomic E-state index is 12.6. The zero-order valence-electron chi connectivity index (χ0n) is 11.2. The summed E-state index contributed by atoms with van der Waals surface area (Å²) in [6, 6.07) is 2.52. The van der Waals surface area contributed by atoms with Gasteiger partial charge in [0.05, 0.1) is 22.9 Å². The Morgan fingerprint density at radius 2 is 1.95 bits per heavy atom. The molecule has 2 unspecified atom stereocenters. The predicted octanol–water partition coefficient (Wildman–Crippen LogP) is 2.42. The summed E-state index contributed by atoms with van der Waals surface area (Å²) >= 11 is 11.8. The van der Waals surface area contributed by atoms with Crippen molar-refractivity contribution in [3.63, 3.8) is 0 Å². The van der Waals surface area contributed by atoms with Crippen molar-refractivity contribution in [2.24, 2.45) is 5.92 Å². The van der Waals surface area contributed by atoms with E-state index in [-0.39, 0.29) is 27.8 Å². The van der Waals surface area contributed by atoms with Crippen LogP contribution < -0.4 is 10.5 Å². The van der Waals surface area contributed by atoms with Crippen LogP contribution in [-0.2, 0) is 14.8 Å². The molecule has 0 bridgehead atoms. The maximum Gasteiger partial charge on any atom is 0.244 e. The first-order valence-electron chi connectivity index (χ1n) is 6.77. The number of hydrogen-bond acceptors (Lipinski definition) is 4. The number of rotatable bonds is 4. The van der Waals surface area contributed by atoms with Gasteiger partial charge in [0.25, 0.3) is 0 Å². The molecule has 21 heavy (non-hydrogen) atoms. The van der Waals surface area contributed by atoms with Gasteiger partial charge in [0.2, 0.25) is 10.0 Å². The SMILES string of the molecule is Nc1cc(Cl)cc(Cl)c1S(=O)(=O)NC1CCOC1C1CC1. The third kappa shape index (κ3) is 3.14. The number of nitrogens with one attached hydrogen (secondary N) is 1. The summed E-state index contributed by atoms with van der Waals surface area (Å²) < 4.78 is 33.4. The third-order valence-corrected chi connectivity index (χ3v) is 6.07. The molecule has 0 amide bonds. The Balaban J connectivity index is 1.87. The molecule has 0 spiro atoms. The van der Waals surface area contributed by atoms with Gasteiger partial charge in [0.15, 0.2) is 0 Å². The molecular formula is C13H16Cl2N2O3S. The van der Waals surface area contributed by atoms with Crippen LogP contribution >= 0.6 is 23.2 Å². The van der Waals surface area contributed by atoms with Gasteiger partial charge in [0, 0.05) is 11.6 Å². The Kier molecular flexibility index (Phi) is 4.09. The highest BCUT2D eigenvalue weighted by Gasteiger charge is 2.42. The Morgan fingerprint density at radius 1 is 1.24 bits per heavy atom. The number of anilines is 1. The van der Waals surface area contributed by atoms with Crippen molar-refractivity contribution >= 4 is 38.9 Å². The summed E-state index contributed by atoms with van der Waals surface area (Å²) in [6.45, 7) is 0.568. The number of halogens is 2. The molecule has 0 aromatic heterocycles. The molecule has 1 aliphatic carbocycles. The lowest BCUT2D eigenvalue weighted by Gasteiger charge is -2.20. The van der Waals surface area contributed by atoms with Crippen LogP contribution in [0.2, 0.25) is 10.0 Å². The standard InChI is InChI=1S/C13H16Cl2N2O3S/c14-8-5-9(15)13(10(16)6-8)21(18,19)17-11-3-4-20-12(11)7-1-2-7/h5-7,11-12,17H,1-4,16H2. The molecule has 0 radical (unpaired) electrons. The summed E-state index contributed by atoms with van der Waals surface area (Å²) in [5.41, 5.74) is 5.81. The van der Waals surface area contributed by atoms with E-state index in [0.717, 1.165) is 12.8 Å². The van der Waals surface area contributed by atoms with Gasteiger partial charge in [-0.1, -0.05) is 23.2 Å². The molecule has 1 aliphatic heterocycles. The minimum Gasteiger partial charge on any atom is -0.398 e. The largest absolute Gasteiger partial charge is 0.398 e. The van der Waals surface area contributed by atoms with Crippen LogP contribution in [0.25, 0.3) is 0 Å². The molecule has 1 saturated carbocycles. The third-order valence-electron chi connectivity index (χ3n) is 3.83. The van der Waals surface area contributed by atoms with Crippen molar-refractivity contribution < 1.29 is 13.2 Å². The molecule has 2 fully saturated rings. The maximum atomic E-state index is 12.6. The number of nitrogen functional groups attached to an aromatic ring is 1. The van der Waals surface area contributed by atoms with Crippen LogP contribution in [0.5, 0.6) is 0 Å². The van der Waals surface area contributed by atoms with E-state index >= 15 is 0 Å². The monoisotopic (exact) mass is 350 g/mol. The van der Waals surface area contributed by atoms with Crippen molar-refractivity contribution in [1.82, 2.24) is 4.72 Å². The van der Waals surface area contributed by atoms with Gasteiger partial charge in [-0.25, -0.2) is 13.1 Å². The first-order valence-corrected chi connectivity index (χ1v) is 9.01. The Bertz CT molecular complexity index is 638. The highest BCUT2D eigenvalue weighted by molar-refractivity contribution is 7.89. The summed E-state index contributed by atoms with van der Waals surface area (Å²) in [4.78, 5) is -0.116. The fourth-order valence-corrected chi connectivity index (χ4v) is 5.02. The predicted molar refractivity (Wildman–Crippen MR) is 82.1 cm³/mol. The van der Waals surface area contributed by atoms with Crippen LogP contribution in [0.1, 0.15) is 19.3 Å². The number of benzene rings is 1. The first kappa shape index (κ1) is 15.4. The molecule has 3 rings (SSSR count). The molecule has 8 heteroatoms. The van der Waals surface area contributed by atoms with E-state index in [2.05, 4.69) is 4.72 Å².